The molecular formula is C13H20N2O4. The average molecular weight is 268 g/mol. The first-order valence-corrected chi connectivity index (χ1v) is 6.07. The first-order valence-electron chi connectivity index (χ1n) is 6.07. The number of carbonyl (C=O) groups is 3. The van der Waals surface area contributed by atoms with E-state index in [9.17, 15) is 14.4 Å². The number of nitrogens with one attached hydrogen (secondary N) is 1. The van der Waals surface area contributed by atoms with Crippen molar-refractivity contribution in [3.8, 4) is 0 Å². The third-order valence-corrected chi connectivity index (χ3v) is 2.91. The Morgan fingerprint density at radius 2 is 1.74 bits per heavy atom. The van der Waals surface area contributed by atoms with Crippen molar-refractivity contribution in [2.24, 2.45) is 0 Å². The number of piperazine rings is 1. The Hall–Kier alpha value is -1.69. The lowest BCUT2D eigenvalue weighted by Crippen LogP contribution is -2.72. The molecule has 1 fully saturated rings. The fourth-order valence-electron chi connectivity index (χ4n) is 2.15. The summed E-state index contributed by atoms with van der Waals surface area (Å²) in [5.74, 6) is -1.23. The van der Waals surface area contributed by atoms with E-state index in [0.717, 1.165) is 11.0 Å². The molecule has 0 atom stereocenters. The van der Waals surface area contributed by atoms with Crippen molar-refractivity contribution in [1.29, 1.82) is 0 Å². The monoisotopic (exact) mass is 268 g/mol. The van der Waals surface area contributed by atoms with Crippen LogP contribution in [0.2, 0.25) is 0 Å². The molecule has 6 heteroatoms. The lowest BCUT2D eigenvalue weighted by atomic mass is 9.90. The highest BCUT2D eigenvalue weighted by molar-refractivity contribution is 6.06. The summed E-state index contributed by atoms with van der Waals surface area (Å²) in [5, 5.41) is 3.01. The molecule has 1 heterocycles. The van der Waals surface area contributed by atoms with Crippen LogP contribution in [0.15, 0.2) is 12.7 Å². The summed E-state index contributed by atoms with van der Waals surface area (Å²) in [6.07, 6.45) is 1.04. The second kappa shape index (κ2) is 5.13. The molecule has 1 saturated heterocycles. The van der Waals surface area contributed by atoms with Crippen molar-refractivity contribution in [2.45, 2.75) is 38.8 Å². The van der Waals surface area contributed by atoms with E-state index in [4.69, 9.17) is 4.74 Å². The molecule has 19 heavy (non-hydrogen) atoms. The highest BCUT2D eigenvalue weighted by Crippen LogP contribution is 2.23. The lowest BCUT2D eigenvalue weighted by molar-refractivity contribution is -0.161. The van der Waals surface area contributed by atoms with E-state index in [1.54, 1.807) is 27.7 Å². The van der Waals surface area contributed by atoms with Gasteiger partial charge >= 0.3 is 5.97 Å². The number of ether oxygens (including phenoxy) is 1. The van der Waals surface area contributed by atoms with Crippen molar-refractivity contribution in [3.05, 3.63) is 12.7 Å². The molecule has 1 rings (SSSR count). The third kappa shape index (κ3) is 3.20. The van der Waals surface area contributed by atoms with Gasteiger partial charge in [0.25, 0.3) is 0 Å². The highest BCUT2D eigenvalue weighted by atomic mass is 16.5. The number of hydrogen-bond acceptors (Lipinski definition) is 5. The van der Waals surface area contributed by atoms with Crippen molar-refractivity contribution >= 4 is 17.8 Å². The van der Waals surface area contributed by atoms with E-state index in [1.807, 2.05) is 0 Å². The van der Waals surface area contributed by atoms with Crippen LogP contribution in [0.1, 0.15) is 27.7 Å². The predicted molar refractivity (Wildman–Crippen MR) is 69.2 cm³/mol. The zero-order valence-corrected chi connectivity index (χ0v) is 11.8. The highest BCUT2D eigenvalue weighted by Gasteiger charge is 2.49. The normalized spacial score (nSPS) is 21.2. The Balaban J connectivity index is 2.79. The standard InChI is InChI=1S/C13H20N2O4/c1-6-9(16)19-8-7-15-10(17)12(2,3)14-13(4,5)11(15)18/h6,14H,1,7-8H2,2-5H3. The summed E-state index contributed by atoms with van der Waals surface area (Å²) >= 11 is 0. The summed E-state index contributed by atoms with van der Waals surface area (Å²) in [6, 6.07) is 0. The van der Waals surface area contributed by atoms with E-state index >= 15 is 0 Å². The molecule has 0 bridgehead atoms. The van der Waals surface area contributed by atoms with Crippen molar-refractivity contribution < 1.29 is 19.1 Å². The molecule has 1 N–H and O–H groups in total. The Bertz CT molecular complexity index is 400. The summed E-state index contributed by atoms with van der Waals surface area (Å²) in [4.78, 5) is 36.4. The van der Waals surface area contributed by atoms with Gasteiger partial charge in [0, 0.05) is 6.08 Å². The largest absolute Gasteiger partial charge is 0.461 e. The van der Waals surface area contributed by atoms with Gasteiger partial charge < -0.3 is 4.74 Å². The zero-order chi connectivity index (χ0) is 14.8. The summed E-state index contributed by atoms with van der Waals surface area (Å²) in [5.41, 5.74) is -1.67. The number of nitrogens with zero attached hydrogens (tertiary/aromatic N) is 1. The fraction of sp³-hybridized carbons (Fsp3) is 0.615. The van der Waals surface area contributed by atoms with Gasteiger partial charge in [-0.25, -0.2) is 4.79 Å². The fourth-order valence-corrected chi connectivity index (χ4v) is 2.15. The molecule has 0 radical (unpaired) electrons. The van der Waals surface area contributed by atoms with E-state index in [0.29, 0.717) is 0 Å². The van der Waals surface area contributed by atoms with E-state index in [-0.39, 0.29) is 25.0 Å². The average Bonchev–Trinajstić information content (AvgIpc) is 2.30. The van der Waals surface area contributed by atoms with Gasteiger partial charge in [-0.05, 0) is 27.7 Å². The quantitative estimate of drug-likeness (QED) is 0.449. The molecule has 106 valence electrons. The van der Waals surface area contributed by atoms with Gasteiger partial charge in [0.05, 0.1) is 17.6 Å². The van der Waals surface area contributed by atoms with Gasteiger partial charge in [0.1, 0.15) is 6.61 Å². The van der Waals surface area contributed by atoms with Crippen LogP contribution in [0.3, 0.4) is 0 Å². The van der Waals surface area contributed by atoms with Gasteiger partial charge in [-0.1, -0.05) is 6.58 Å². The van der Waals surface area contributed by atoms with Crippen molar-refractivity contribution in [3.63, 3.8) is 0 Å². The van der Waals surface area contributed by atoms with Crippen LogP contribution < -0.4 is 5.32 Å². The second-order valence-corrected chi connectivity index (χ2v) is 5.51. The van der Waals surface area contributed by atoms with Crippen LogP contribution in [0, 0.1) is 0 Å². The van der Waals surface area contributed by atoms with Crippen molar-refractivity contribution in [1.82, 2.24) is 10.2 Å². The van der Waals surface area contributed by atoms with Crippen molar-refractivity contribution in [2.75, 3.05) is 13.2 Å². The maximum Gasteiger partial charge on any atom is 0.330 e. The van der Waals surface area contributed by atoms with Gasteiger partial charge in [0.2, 0.25) is 11.8 Å². The number of hydrogen-bond donors (Lipinski definition) is 1. The first-order chi connectivity index (χ1) is 8.62. The van der Waals surface area contributed by atoms with Crippen LogP contribution in [-0.2, 0) is 19.1 Å². The van der Waals surface area contributed by atoms with Gasteiger partial charge in [-0.2, -0.15) is 0 Å². The number of imide groups is 1. The third-order valence-electron chi connectivity index (χ3n) is 2.91. The van der Waals surface area contributed by atoms with Gasteiger partial charge in [-0.3, -0.25) is 19.8 Å². The lowest BCUT2D eigenvalue weighted by Gasteiger charge is -2.45. The molecular weight excluding hydrogens is 248 g/mol. The van der Waals surface area contributed by atoms with Crippen LogP contribution in [0.4, 0.5) is 0 Å². The Kier molecular flexibility index (Phi) is 4.15. The van der Waals surface area contributed by atoms with Gasteiger partial charge in [-0.15, -0.1) is 0 Å². The Labute approximate surface area is 112 Å². The van der Waals surface area contributed by atoms with Crippen LogP contribution >= 0.6 is 0 Å². The molecule has 0 aromatic carbocycles. The molecule has 0 unspecified atom stereocenters. The maximum atomic E-state index is 12.2. The Morgan fingerprint density at radius 3 is 2.16 bits per heavy atom. The first kappa shape index (κ1) is 15.4. The number of carbonyl (C=O) groups excluding carboxylic acids is 3. The minimum Gasteiger partial charge on any atom is -0.461 e. The molecule has 1 aliphatic rings. The predicted octanol–water partition coefficient (Wildman–Crippen LogP) is 0.231. The van der Waals surface area contributed by atoms with Gasteiger partial charge in [0.15, 0.2) is 0 Å². The molecule has 0 saturated carbocycles. The smallest absolute Gasteiger partial charge is 0.330 e. The molecule has 0 aromatic rings. The van der Waals surface area contributed by atoms with E-state index < -0.39 is 17.0 Å². The molecule has 2 amide bonds. The topological polar surface area (TPSA) is 75.7 Å². The molecule has 6 nitrogen and oxygen atoms in total. The number of amides is 2. The van der Waals surface area contributed by atoms with Crippen LogP contribution in [0.5, 0.6) is 0 Å². The zero-order valence-electron chi connectivity index (χ0n) is 11.8. The minimum atomic E-state index is -0.833. The minimum absolute atomic E-state index is 0.0332. The number of esters is 1. The summed E-state index contributed by atoms with van der Waals surface area (Å²) in [7, 11) is 0. The Morgan fingerprint density at radius 1 is 1.26 bits per heavy atom. The van der Waals surface area contributed by atoms with E-state index in [2.05, 4.69) is 11.9 Å². The number of rotatable bonds is 4. The molecule has 0 spiro atoms. The maximum absolute atomic E-state index is 12.2. The van der Waals surface area contributed by atoms with Crippen LogP contribution in [0.25, 0.3) is 0 Å². The molecule has 0 aliphatic carbocycles. The molecule has 1 aliphatic heterocycles. The SMILES string of the molecule is C=CC(=O)OCCN1C(=O)C(C)(C)NC(C)(C)C1=O. The second-order valence-electron chi connectivity index (χ2n) is 5.51. The van der Waals surface area contributed by atoms with E-state index in [1.165, 1.54) is 0 Å². The summed E-state index contributed by atoms with van der Waals surface area (Å²) < 4.78 is 4.80. The molecule has 0 aromatic heterocycles. The summed E-state index contributed by atoms with van der Waals surface area (Å²) in [6.45, 7) is 10.1. The van der Waals surface area contributed by atoms with Crippen LogP contribution in [-0.4, -0.2) is 46.9 Å².